The summed E-state index contributed by atoms with van der Waals surface area (Å²) in [6.45, 7) is 2.21. The molecule has 2 rings (SSSR count). The SMILES string of the molecule is CNc1cc(NC(C)C2CC2)ncn1. The normalized spacial score (nSPS) is 17.6. The van der Waals surface area contributed by atoms with E-state index in [1.165, 1.54) is 12.8 Å². The van der Waals surface area contributed by atoms with Crippen LogP contribution in [-0.4, -0.2) is 23.1 Å². The predicted octanol–water partition coefficient (Wildman–Crippen LogP) is 1.73. The Morgan fingerprint density at radius 2 is 2.07 bits per heavy atom. The Balaban J connectivity index is 2.00. The fourth-order valence-electron chi connectivity index (χ4n) is 1.52. The van der Waals surface area contributed by atoms with Crippen LogP contribution in [0.2, 0.25) is 0 Å². The molecule has 1 aliphatic rings. The van der Waals surface area contributed by atoms with Crippen molar-refractivity contribution in [3.8, 4) is 0 Å². The summed E-state index contributed by atoms with van der Waals surface area (Å²) in [5.74, 6) is 2.59. The molecule has 1 heterocycles. The second kappa shape index (κ2) is 3.82. The van der Waals surface area contributed by atoms with Crippen molar-refractivity contribution in [3.05, 3.63) is 12.4 Å². The minimum atomic E-state index is 0.523. The number of hydrogen-bond acceptors (Lipinski definition) is 4. The molecule has 0 aromatic carbocycles. The van der Waals surface area contributed by atoms with Gasteiger partial charge < -0.3 is 10.6 Å². The van der Waals surface area contributed by atoms with E-state index in [-0.39, 0.29) is 0 Å². The number of anilines is 2. The Morgan fingerprint density at radius 1 is 1.36 bits per heavy atom. The highest BCUT2D eigenvalue weighted by molar-refractivity contribution is 5.46. The summed E-state index contributed by atoms with van der Waals surface area (Å²) in [7, 11) is 1.86. The van der Waals surface area contributed by atoms with Gasteiger partial charge in [0.15, 0.2) is 0 Å². The van der Waals surface area contributed by atoms with Gasteiger partial charge in [0.2, 0.25) is 0 Å². The summed E-state index contributed by atoms with van der Waals surface area (Å²) >= 11 is 0. The van der Waals surface area contributed by atoms with Crippen LogP contribution in [0.3, 0.4) is 0 Å². The first-order chi connectivity index (χ1) is 6.79. The number of rotatable bonds is 4. The van der Waals surface area contributed by atoms with E-state index in [4.69, 9.17) is 0 Å². The van der Waals surface area contributed by atoms with Gasteiger partial charge in [-0.05, 0) is 25.7 Å². The molecule has 1 fully saturated rings. The van der Waals surface area contributed by atoms with Gasteiger partial charge in [0.25, 0.3) is 0 Å². The van der Waals surface area contributed by atoms with Crippen molar-refractivity contribution in [1.29, 1.82) is 0 Å². The van der Waals surface area contributed by atoms with E-state index in [0.717, 1.165) is 17.6 Å². The molecular weight excluding hydrogens is 176 g/mol. The molecule has 14 heavy (non-hydrogen) atoms. The molecule has 0 aliphatic heterocycles. The highest BCUT2D eigenvalue weighted by Crippen LogP contribution is 2.33. The predicted molar refractivity (Wildman–Crippen MR) is 57.4 cm³/mol. The first kappa shape index (κ1) is 9.24. The number of nitrogens with zero attached hydrogens (tertiary/aromatic N) is 2. The molecule has 1 aliphatic carbocycles. The Kier molecular flexibility index (Phi) is 2.52. The first-order valence-corrected chi connectivity index (χ1v) is 5.06. The van der Waals surface area contributed by atoms with Gasteiger partial charge in [-0.2, -0.15) is 0 Å². The molecular formula is C10H16N4. The van der Waals surface area contributed by atoms with Crippen LogP contribution in [0.25, 0.3) is 0 Å². The van der Waals surface area contributed by atoms with E-state index in [9.17, 15) is 0 Å². The van der Waals surface area contributed by atoms with E-state index in [1.54, 1.807) is 6.33 Å². The average Bonchev–Trinajstić information content (AvgIpc) is 3.01. The quantitative estimate of drug-likeness (QED) is 0.762. The van der Waals surface area contributed by atoms with Gasteiger partial charge in [-0.1, -0.05) is 0 Å². The van der Waals surface area contributed by atoms with Gasteiger partial charge in [-0.15, -0.1) is 0 Å². The van der Waals surface area contributed by atoms with Crippen molar-refractivity contribution in [2.24, 2.45) is 5.92 Å². The molecule has 1 unspecified atom stereocenters. The lowest BCUT2D eigenvalue weighted by Crippen LogP contribution is -2.18. The zero-order chi connectivity index (χ0) is 9.97. The zero-order valence-corrected chi connectivity index (χ0v) is 8.62. The zero-order valence-electron chi connectivity index (χ0n) is 8.62. The third-order valence-corrected chi connectivity index (χ3v) is 2.63. The average molecular weight is 192 g/mol. The Bertz CT molecular complexity index is 309. The fraction of sp³-hybridized carbons (Fsp3) is 0.600. The number of nitrogens with one attached hydrogen (secondary N) is 2. The second-order valence-corrected chi connectivity index (χ2v) is 3.81. The molecule has 4 heteroatoms. The molecule has 0 saturated heterocycles. The Morgan fingerprint density at radius 3 is 2.71 bits per heavy atom. The van der Waals surface area contributed by atoms with Crippen LogP contribution in [0.4, 0.5) is 11.6 Å². The van der Waals surface area contributed by atoms with Gasteiger partial charge in [-0.25, -0.2) is 9.97 Å². The summed E-state index contributed by atoms with van der Waals surface area (Å²) in [5.41, 5.74) is 0. The van der Waals surface area contributed by atoms with Crippen LogP contribution in [0.15, 0.2) is 12.4 Å². The molecule has 0 amide bonds. The summed E-state index contributed by atoms with van der Waals surface area (Å²) in [6.07, 6.45) is 4.27. The van der Waals surface area contributed by atoms with Crippen molar-refractivity contribution in [2.45, 2.75) is 25.8 Å². The van der Waals surface area contributed by atoms with E-state index >= 15 is 0 Å². The van der Waals surface area contributed by atoms with Gasteiger partial charge in [0.1, 0.15) is 18.0 Å². The van der Waals surface area contributed by atoms with E-state index in [2.05, 4.69) is 27.5 Å². The second-order valence-electron chi connectivity index (χ2n) is 3.81. The molecule has 0 radical (unpaired) electrons. The van der Waals surface area contributed by atoms with E-state index in [0.29, 0.717) is 6.04 Å². The van der Waals surface area contributed by atoms with Crippen LogP contribution in [0.1, 0.15) is 19.8 Å². The summed E-state index contributed by atoms with van der Waals surface area (Å²) in [6, 6.07) is 2.45. The monoisotopic (exact) mass is 192 g/mol. The van der Waals surface area contributed by atoms with Crippen molar-refractivity contribution >= 4 is 11.6 Å². The van der Waals surface area contributed by atoms with Crippen LogP contribution < -0.4 is 10.6 Å². The molecule has 1 saturated carbocycles. The summed E-state index contributed by atoms with van der Waals surface area (Å²) in [5, 5.41) is 6.38. The van der Waals surface area contributed by atoms with Crippen molar-refractivity contribution in [2.75, 3.05) is 17.7 Å². The van der Waals surface area contributed by atoms with Crippen LogP contribution in [-0.2, 0) is 0 Å². The molecule has 2 N–H and O–H groups in total. The topological polar surface area (TPSA) is 49.8 Å². The van der Waals surface area contributed by atoms with E-state index in [1.807, 2.05) is 13.1 Å². The molecule has 4 nitrogen and oxygen atoms in total. The highest BCUT2D eigenvalue weighted by atomic mass is 15.1. The third kappa shape index (κ3) is 2.13. The Labute approximate surface area is 84.2 Å². The van der Waals surface area contributed by atoms with Crippen molar-refractivity contribution in [1.82, 2.24) is 9.97 Å². The maximum Gasteiger partial charge on any atom is 0.131 e. The maximum absolute atomic E-state index is 4.18. The van der Waals surface area contributed by atoms with Gasteiger partial charge in [0, 0.05) is 19.2 Å². The maximum atomic E-state index is 4.18. The number of aromatic nitrogens is 2. The molecule has 1 atom stereocenters. The van der Waals surface area contributed by atoms with Crippen LogP contribution >= 0.6 is 0 Å². The molecule has 1 aromatic heterocycles. The standard InChI is InChI=1S/C10H16N4/c1-7(8-3-4-8)14-10-5-9(11-2)12-6-13-10/h5-8H,3-4H2,1-2H3,(H2,11,12,13,14). The van der Waals surface area contributed by atoms with Gasteiger partial charge >= 0.3 is 0 Å². The lowest BCUT2D eigenvalue weighted by molar-refractivity contribution is 0.690. The summed E-state index contributed by atoms with van der Waals surface area (Å²) in [4.78, 5) is 8.24. The molecule has 76 valence electrons. The molecule has 1 aromatic rings. The van der Waals surface area contributed by atoms with Gasteiger partial charge in [0.05, 0.1) is 0 Å². The van der Waals surface area contributed by atoms with E-state index < -0.39 is 0 Å². The number of hydrogen-bond donors (Lipinski definition) is 2. The van der Waals surface area contributed by atoms with Crippen molar-refractivity contribution < 1.29 is 0 Å². The summed E-state index contributed by atoms with van der Waals surface area (Å²) < 4.78 is 0. The molecule has 0 bridgehead atoms. The molecule has 0 spiro atoms. The first-order valence-electron chi connectivity index (χ1n) is 5.06. The fourth-order valence-corrected chi connectivity index (χ4v) is 1.52. The smallest absolute Gasteiger partial charge is 0.131 e. The third-order valence-electron chi connectivity index (χ3n) is 2.63. The van der Waals surface area contributed by atoms with Gasteiger partial charge in [-0.3, -0.25) is 0 Å². The minimum Gasteiger partial charge on any atom is -0.373 e. The van der Waals surface area contributed by atoms with Crippen LogP contribution in [0, 0.1) is 5.92 Å². The minimum absolute atomic E-state index is 0.523. The lowest BCUT2D eigenvalue weighted by Gasteiger charge is -2.13. The van der Waals surface area contributed by atoms with Crippen LogP contribution in [0.5, 0.6) is 0 Å². The highest BCUT2D eigenvalue weighted by Gasteiger charge is 2.27. The lowest BCUT2D eigenvalue weighted by atomic mass is 10.2. The Hall–Kier alpha value is -1.32. The van der Waals surface area contributed by atoms with Crippen molar-refractivity contribution in [3.63, 3.8) is 0 Å². The largest absolute Gasteiger partial charge is 0.373 e.